The van der Waals surface area contributed by atoms with Crippen LogP contribution in [0, 0.1) is 5.92 Å². The number of hydrogen-bond donors (Lipinski definition) is 5. The van der Waals surface area contributed by atoms with Crippen LogP contribution < -0.4 is 21.0 Å². The van der Waals surface area contributed by atoms with E-state index in [1.54, 1.807) is 12.1 Å². The van der Waals surface area contributed by atoms with E-state index in [0.29, 0.717) is 17.6 Å². The van der Waals surface area contributed by atoms with Crippen LogP contribution in [0.4, 0.5) is 5.69 Å². The second-order valence-corrected chi connectivity index (χ2v) is 10.0. The summed E-state index contributed by atoms with van der Waals surface area (Å²) >= 11 is 0. The van der Waals surface area contributed by atoms with Crippen molar-refractivity contribution in [2.24, 2.45) is 5.92 Å². The highest BCUT2D eigenvalue weighted by Gasteiger charge is 2.21. The zero-order valence-corrected chi connectivity index (χ0v) is 19.3. The minimum absolute atomic E-state index is 0.0165. The Balaban J connectivity index is 1.38. The molecule has 11 heteroatoms. The molecule has 1 aliphatic rings. The molecule has 0 atom stereocenters. The van der Waals surface area contributed by atoms with Crippen LogP contribution in [0.3, 0.4) is 0 Å². The molecule has 0 spiro atoms. The van der Waals surface area contributed by atoms with Gasteiger partial charge in [-0.05, 0) is 43.2 Å². The van der Waals surface area contributed by atoms with E-state index in [9.17, 15) is 22.8 Å². The normalized spacial score (nSPS) is 14.6. The number of H-pyrrole nitrogens is 2. The van der Waals surface area contributed by atoms with Crippen molar-refractivity contribution in [2.75, 3.05) is 17.8 Å². The molecule has 5 N–H and O–H groups in total. The summed E-state index contributed by atoms with van der Waals surface area (Å²) in [7, 11) is -4.02. The van der Waals surface area contributed by atoms with Crippen molar-refractivity contribution in [1.29, 1.82) is 0 Å². The molecule has 2 amide bonds. The van der Waals surface area contributed by atoms with Gasteiger partial charge in [-0.2, -0.15) is 0 Å². The van der Waals surface area contributed by atoms with Gasteiger partial charge in [-0.3, -0.25) is 14.3 Å². The van der Waals surface area contributed by atoms with Crippen LogP contribution in [0.25, 0.3) is 11.0 Å². The zero-order chi connectivity index (χ0) is 24.1. The lowest BCUT2D eigenvalue weighted by Crippen LogP contribution is -2.38. The number of sulfonamides is 1. The highest BCUT2D eigenvalue weighted by atomic mass is 32.2. The number of fused-ring (bicyclic) bond motifs is 1. The highest BCUT2D eigenvalue weighted by molar-refractivity contribution is 7.92. The van der Waals surface area contributed by atoms with Crippen molar-refractivity contribution in [2.45, 2.75) is 37.0 Å². The maximum Gasteiger partial charge on any atom is 0.323 e. The molecule has 2 aromatic carbocycles. The predicted molar refractivity (Wildman–Crippen MR) is 128 cm³/mol. The molecule has 1 heterocycles. The summed E-state index contributed by atoms with van der Waals surface area (Å²) in [6.45, 7) is 0.514. The molecule has 1 saturated carbocycles. The summed E-state index contributed by atoms with van der Waals surface area (Å²) < 4.78 is 28.3. The van der Waals surface area contributed by atoms with Gasteiger partial charge >= 0.3 is 5.69 Å². The number of imidazole rings is 1. The first-order valence-electron chi connectivity index (χ1n) is 11.2. The van der Waals surface area contributed by atoms with E-state index < -0.39 is 21.6 Å². The molecule has 10 nitrogen and oxygen atoms in total. The summed E-state index contributed by atoms with van der Waals surface area (Å²) in [4.78, 5) is 41.4. The van der Waals surface area contributed by atoms with E-state index in [2.05, 4.69) is 25.3 Å². The highest BCUT2D eigenvalue weighted by Crippen LogP contribution is 2.24. The van der Waals surface area contributed by atoms with Crippen LogP contribution in [0.5, 0.6) is 0 Å². The Kier molecular flexibility index (Phi) is 7.01. The third kappa shape index (κ3) is 5.48. The number of amides is 2. The van der Waals surface area contributed by atoms with Crippen molar-refractivity contribution in [3.63, 3.8) is 0 Å². The van der Waals surface area contributed by atoms with Gasteiger partial charge in [-0.15, -0.1) is 0 Å². The van der Waals surface area contributed by atoms with Crippen LogP contribution in [0.2, 0.25) is 0 Å². The van der Waals surface area contributed by atoms with Gasteiger partial charge in [0.2, 0.25) is 5.91 Å². The number of nitrogens with one attached hydrogen (secondary N) is 5. The fourth-order valence-electron chi connectivity index (χ4n) is 4.12. The number of carbonyl (C=O) groups is 2. The Morgan fingerprint density at radius 2 is 1.62 bits per heavy atom. The molecule has 1 aromatic heterocycles. The molecule has 0 bridgehead atoms. The molecule has 1 aliphatic carbocycles. The zero-order valence-electron chi connectivity index (χ0n) is 18.5. The summed E-state index contributed by atoms with van der Waals surface area (Å²) in [5.74, 6) is -0.401. The second-order valence-electron chi connectivity index (χ2n) is 8.32. The Bertz CT molecular complexity index is 1360. The van der Waals surface area contributed by atoms with E-state index in [1.807, 2.05) is 0 Å². The fraction of sp³-hybridized carbons (Fsp3) is 0.348. The first kappa shape index (κ1) is 23.6. The Labute approximate surface area is 196 Å². The molecule has 0 aliphatic heterocycles. The lowest BCUT2D eigenvalue weighted by Gasteiger charge is -2.20. The third-order valence-electron chi connectivity index (χ3n) is 5.90. The van der Waals surface area contributed by atoms with Gasteiger partial charge in [0.05, 0.1) is 27.2 Å². The molecule has 1 fully saturated rings. The molecule has 0 saturated heterocycles. The average Bonchev–Trinajstić information content (AvgIpc) is 3.21. The van der Waals surface area contributed by atoms with Crippen LogP contribution in [-0.4, -0.2) is 43.3 Å². The quantitative estimate of drug-likeness (QED) is 0.309. The number of para-hydroxylation sites is 1. The number of hydrogen-bond acceptors (Lipinski definition) is 5. The first-order valence-corrected chi connectivity index (χ1v) is 12.7. The number of carbonyl (C=O) groups excluding carboxylic acids is 2. The molecule has 4 rings (SSSR count). The van der Waals surface area contributed by atoms with Gasteiger partial charge in [-0.25, -0.2) is 13.2 Å². The molecular weight excluding hydrogens is 458 g/mol. The molecular formula is C23H27N5O5S. The van der Waals surface area contributed by atoms with E-state index in [4.69, 9.17) is 0 Å². The summed E-state index contributed by atoms with van der Waals surface area (Å²) in [6, 6.07) is 10.5. The van der Waals surface area contributed by atoms with Crippen molar-refractivity contribution in [3.8, 4) is 0 Å². The number of benzene rings is 2. The maximum absolute atomic E-state index is 12.9. The van der Waals surface area contributed by atoms with Crippen LogP contribution in [0.15, 0.2) is 52.2 Å². The van der Waals surface area contributed by atoms with Crippen molar-refractivity contribution < 1.29 is 18.0 Å². The number of rotatable bonds is 8. The SMILES string of the molecule is O=C(NCCNC(=O)C1CCCCC1)c1ccccc1NS(=O)(=O)c1ccc2[nH]c(=O)[nH]c2c1. The van der Waals surface area contributed by atoms with Crippen molar-refractivity contribution in [3.05, 3.63) is 58.5 Å². The minimum Gasteiger partial charge on any atom is -0.354 e. The first-order chi connectivity index (χ1) is 16.3. The van der Waals surface area contributed by atoms with Crippen LogP contribution in [-0.2, 0) is 14.8 Å². The monoisotopic (exact) mass is 485 g/mol. The fourth-order valence-corrected chi connectivity index (χ4v) is 5.22. The van der Waals surface area contributed by atoms with Crippen molar-refractivity contribution >= 4 is 38.6 Å². The number of aromatic amines is 2. The van der Waals surface area contributed by atoms with E-state index in [0.717, 1.165) is 25.7 Å². The maximum atomic E-state index is 12.9. The lowest BCUT2D eigenvalue weighted by molar-refractivity contribution is -0.125. The Morgan fingerprint density at radius 1 is 0.912 bits per heavy atom. The van der Waals surface area contributed by atoms with Gasteiger partial charge in [0.25, 0.3) is 15.9 Å². The summed E-state index contributed by atoms with van der Waals surface area (Å²) in [5, 5.41) is 5.57. The molecule has 3 aromatic rings. The second kappa shape index (κ2) is 10.1. The van der Waals surface area contributed by atoms with E-state index >= 15 is 0 Å². The van der Waals surface area contributed by atoms with Crippen LogP contribution in [0.1, 0.15) is 42.5 Å². The molecule has 180 valence electrons. The number of aromatic nitrogens is 2. The van der Waals surface area contributed by atoms with Gasteiger partial charge in [0.15, 0.2) is 0 Å². The average molecular weight is 486 g/mol. The van der Waals surface area contributed by atoms with Gasteiger partial charge in [-0.1, -0.05) is 31.4 Å². The predicted octanol–water partition coefficient (Wildman–Crippen LogP) is 2.08. The standard InChI is InChI=1S/C23H27N5O5S/c29-21(15-6-2-1-3-7-15)24-12-13-25-22(30)17-8-4-5-9-18(17)28-34(32,33)16-10-11-19-20(14-16)27-23(31)26-19/h4-5,8-11,14-15,28H,1-3,6-7,12-13H2,(H,24,29)(H,25,30)(H2,26,27,31). The largest absolute Gasteiger partial charge is 0.354 e. The Morgan fingerprint density at radius 3 is 2.41 bits per heavy atom. The lowest BCUT2D eigenvalue weighted by atomic mass is 9.89. The third-order valence-corrected chi connectivity index (χ3v) is 7.26. The van der Waals surface area contributed by atoms with Crippen LogP contribution >= 0.6 is 0 Å². The molecule has 0 radical (unpaired) electrons. The van der Waals surface area contributed by atoms with Gasteiger partial charge in [0, 0.05) is 19.0 Å². The topological polar surface area (TPSA) is 153 Å². The van der Waals surface area contributed by atoms with Gasteiger partial charge in [0.1, 0.15) is 0 Å². The van der Waals surface area contributed by atoms with Gasteiger partial charge < -0.3 is 20.6 Å². The number of anilines is 1. The summed E-state index contributed by atoms with van der Waals surface area (Å²) in [6.07, 6.45) is 5.11. The molecule has 34 heavy (non-hydrogen) atoms. The molecule has 0 unspecified atom stereocenters. The van der Waals surface area contributed by atoms with E-state index in [-0.39, 0.29) is 34.5 Å². The smallest absolute Gasteiger partial charge is 0.323 e. The minimum atomic E-state index is -4.02. The van der Waals surface area contributed by atoms with E-state index in [1.165, 1.54) is 36.8 Å². The van der Waals surface area contributed by atoms with Crippen molar-refractivity contribution in [1.82, 2.24) is 20.6 Å². The summed E-state index contributed by atoms with van der Waals surface area (Å²) in [5.41, 5.74) is 0.678. The Hall–Kier alpha value is -3.60.